The summed E-state index contributed by atoms with van der Waals surface area (Å²) in [6, 6.07) is 8.91. The number of hydrogen-bond donors (Lipinski definition) is 0. The van der Waals surface area contributed by atoms with Crippen molar-refractivity contribution in [3.8, 4) is 0 Å². The monoisotopic (exact) mass is 185 g/mol. The van der Waals surface area contributed by atoms with Gasteiger partial charge in [0.15, 0.2) is 7.98 Å². The molecule has 1 heterocycles. The van der Waals surface area contributed by atoms with Gasteiger partial charge in [-0.3, -0.25) is 0 Å². The zero-order valence-corrected chi connectivity index (χ0v) is 8.74. The van der Waals surface area contributed by atoms with Crippen molar-refractivity contribution in [2.45, 2.75) is 25.7 Å². The molecule has 14 heavy (non-hydrogen) atoms. The van der Waals surface area contributed by atoms with E-state index in [1.807, 2.05) is 4.81 Å². The van der Waals surface area contributed by atoms with Crippen LogP contribution < -0.4 is 0 Å². The van der Waals surface area contributed by atoms with Gasteiger partial charge in [0.1, 0.15) is 0 Å². The maximum Gasteiger partial charge on any atom is 0.182 e. The molecule has 0 aliphatic carbocycles. The third-order valence-corrected chi connectivity index (χ3v) is 3.08. The Labute approximate surface area is 87.5 Å². The minimum absolute atomic E-state index is 0.718. The molecule has 1 fully saturated rings. The van der Waals surface area contributed by atoms with E-state index in [4.69, 9.17) is 7.98 Å². The molecule has 0 saturated carbocycles. The van der Waals surface area contributed by atoms with Gasteiger partial charge in [-0.1, -0.05) is 29.8 Å². The van der Waals surface area contributed by atoms with E-state index >= 15 is 0 Å². The summed E-state index contributed by atoms with van der Waals surface area (Å²) < 4.78 is 0. The van der Waals surface area contributed by atoms with Crippen molar-refractivity contribution in [1.29, 1.82) is 0 Å². The van der Waals surface area contributed by atoms with E-state index in [-0.39, 0.29) is 0 Å². The second-order valence-electron chi connectivity index (χ2n) is 4.22. The predicted molar refractivity (Wildman–Crippen MR) is 60.5 cm³/mol. The molecule has 2 radical (unpaired) electrons. The highest BCUT2D eigenvalue weighted by molar-refractivity contribution is 6.04. The quantitative estimate of drug-likeness (QED) is 0.606. The maximum absolute atomic E-state index is 5.73. The summed E-state index contributed by atoms with van der Waals surface area (Å²) in [6.45, 7) is 4.18. The van der Waals surface area contributed by atoms with Crippen LogP contribution in [0.3, 0.4) is 0 Å². The number of nitrogens with zero attached hydrogens (tertiary/aromatic N) is 1. The third-order valence-electron chi connectivity index (χ3n) is 3.08. The number of aryl methyl sites for hydroxylation is 1. The fourth-order valence-corrected chi connectivity index (χ4v) is 2.07. The van der Waals surface area contributed by atoms with Crippen molar-refractivity contribution in [3.05, 3.63) is 35.4 Å². The van der Waals surface area contributed by atoms with Gasteiger partial charge in [0.25, 0.3) is 0 Å². The molecule has 2 heteroatoms. The van der Waals surface area contributed by atoms with Crippen LogP contribution in [0.1, 0.15) is 29.9 Å². The average molecular weight is 185 g/mol. The standard InChI is InChI=1S/C12H16BN/c1-10-2-4-11(5-3-10)12-6-8-14(13)9-7-12/h2-5,12H,6-9H2,1H3. The van der Waals surface area contributed by atoms with E-state index < -0.39 is 0 Å². The van der Waals surface area contributed by atoms with Gasteiger partial charge in [0, 0.05) is 0 Å². The zero-order valence-electron chi connectivity index (χ0n) is 8.74. The van der Waals surface area contributed by atoms with Crippen molar-refractivity contribution in [1.82, 2.24) is 4.81 Å². The van der Waals surface area contributed by atoms with Gasteiger partial charge in [-0.15, -0.1) is 0 Å². The lowest BCUT2D eigenvalue weighted by Crippen LogP contribution is -2.30. The van der Waals surface area contributed by atoms with E-state index in [9.17, 15) is 0 Å². The first kappa shape index (κ1) is 9.79. The molecule has 1 aromatic rings. The van der Waals surface area contributed by atoms with E-state index in [0.29, 0.717) is 0 Å². The van der Waals surface area contributed by atoms with Crippen LogP contribution >= 0.6 is 0 Å². The second kappa shape index (κ2) is 4.18. The normalized spacial score (nSPS) is 19.8. The molecule has 0 aromatic heterocycles. The molecule has 0 unspecified atom stereocenters. The summed E-state index contributed by atoms with van der Waals surface area (Å²) in [5.74, 6) is 0.718. The summed E-state index contributed by atoms with van der Waals surface area (Å²) in [5, 5.41) is 0. The van der Waals surface area contributed by atoms with Gasteiger partial charge < -0.3 is 4.81 Å². The lowest BCUT2D eigenvalue weighted by atomic mass is 9.88. The Hall–Kier alpha value is -0.755. The zero-order chi connectivity index (χ0) is 9.97. The van der Waals surface area contributed by atoms with Crippen LogP contribution in [0, 0.1) is 6.92 Å². The Morgan fingerprint density at radius 1 is 1.14 bits per heavy atom. The number of piperidine rings is 1. The molecule has 2 rings (SSSR count). The summed E-state index contributed by atoms with van der Waals surface area (Å²) in [4.78, 5) is 1.92. The number of rotatable bonds is 1. The van der Waals surface area contributed by atoms with Crippen molar-refractivity contribution >= 4 is 7.98 Å². The van der Waals surface area contributed by atoms with Crippen molar-refractivity contribution < 1.29 is 0 Å². The van der Waals surface area contributed by atoms with Crippen molar-refractivity contribution in [3.63, 3.8) is 0 Å². The molecule has 0 atom stereocenters. The minimum atomic E-state index is 0.718. The minimum Gasteiger partial charge on any atom is -0.353 e. The summed E-state index contributed by atoms with van der Waals surface area (Å²) in [5.41, 5.74) is 2.81. The smallest absolute Gasteiger partial charge is 0.182 e. The Morgan fingerprint density at radius 3 is 2.29 bits per heavy atom. The van der Waals surface area contributed by atoms with E-state index in [1.165, 1.54) is 24.0 Å². The van der Waals surface area contributed by atoms with Crippen LogP contribution in [0.25, 0.3) is 0 Å². The first-order valence-electron chi connectivity index (χ1n) is 5.32. The largest absolute Gasteiger partial charge is 0.353 e. The van der Waals surface area contributed by atoms with Crippen LogP contribution in [0.2, 0.25) is 0 Å². The Bertz CT molecular complexity index is 286. The van der Waals surface area contributed by atoms with Gasteiger partial charge in [0.2, 0.25) is 0 Å². The summed E-state index contributed by atoms with van der Waals surface area (Å²) in [7, 11) is 5.73. The number of hydrogen-bond acceptors (Lipinski definition) is 1. The van der Waals surface area contributed by atoms with E-state index in [1.54, 1.807) is 0 Å². The molecule has 1 aliphatic heterocycles. The van der Waals surface area contributed by atoms with Gasteiger partial charge in [-0.05, 0) is 44.3 Å². The van der Waals surface area contributed by atoms with Gasteiger partial charge in [-0.2, -0.15) is 0 Å². The molecule has 0 spiro atoms. The fourth-order valence-electron chi connectivity index (χ4n) is 2.07. The highest BCUT2D eigenvalue weighted by atomic mass is 15.0. The third kappa shape index (κ3) is 2.18. The first-order chi connectivity index (χ1) is 6.75. The molecule has 1 aromatic carbocycles. The topological polar surface area (TPSA) is 3.24 Å². The molecular weight excluding hydrogens is 169 g/mol. The van der Waals surface area contributed by atoms with Crippen LogP contribution in [-0.4, -0.2) is 25.9 Å². The van der Waals surface area contributed by atoms with Gasteiger partial charge in [0.05, 0.1) is 0 Å². The Kier molecular flexibility index (Phi) is 2.92. The highest BCUT2D eigenvalue weighted by Gasteiger charge is 2.17. The average Bonchev–Trinajstić information content (AvgIpc) is 2.21. The second-order valence-corrected chi connectivity index (χ2v) is 4.22. The maximum atomic E-state index is 5.73. The highest BCUT2D eigenvalue weighted by Crippen LogP contribution is 2.27. The Morgan fingerprint density at radius 2 is 1.71 bits per heavy atom. The summed E-state index contributed by atoms with van der Waals surface area (Å²) in [6.07, 6.45) is 2.39. The molecule has 1 aliphatic rings. The SMILES string of the molecule is [B]N1CCC(c2ccc(C)cc2)CC1. The lowest BCUT2D eigenvalue weighted by Gasteiger charge is -2.29. The molecule has 0 amide bonds. The first-order valence-corrected chi connectivity index (χ1v) is 5.32. The van der Waals surface area contributed by atoms with Crippen LogP contribution in [0.15, 0.2) is 24.3 Å². The lowest BCUT2D eigenvalue weighted by molar-refractivity contribution is 0.335. The van der Waals surface area contributed by atoms with Gasteiger partial charge >= 0.3 is 0 Å². The van der Waals surface area contributed by atoms with Crippen LogP contribution in [0.5, 0.6) is 0 Å². The van der Waals surface area contributed by atoms with E-state index in [2.05, 4.69) is 31.2 Å². The fraction of sp³-hybridized carbons (Fsp3) is 0.500. The van der Waals surface area contributed by atoms with Crippen molar-refractivity contribution in [2.75, 3.05) is 13.1 Å². The predicted octanol–water partition coefficient (Wildman–Crippen LogP) is 2.26. The summed E-state index contributed by atoms with van der Waals surface area (Å²) >= 11 is 0. The van der Waals surface area contributed by atoms with Crippen LogP contribution in [-0.2, 0) is 0 Å². The molecule has 0 N–H and O–H groups in total. The molecule has 0 bridgehead atoms. The van der Waals surface area contributed by atoms with Gasteiger partial charge in [-0.25, -0.2) is 0 Å². The van der Waals surface area contributed by atoms with Crippen molar-refractivity contribution in [2.24, 2.45) is 0 Å². The number of benzene rings is 1. The van der Waals surface area contributed by atoms with Crippen LogP contribution in [0.4, 0.5) is 0 Å². The molecular formula is C12H16BN. The molecule has 1 saturated heterocycles. The molecule has 1 nitrogen and oxygen atoms in total. The van der Waals surface area contributed by atoms with E-state index in [0.717, 1.165) is 19.0 Å². The Balaban J connectivity index is 2.05. The molecule has 72 valence electrons.